The van der Waals surface area contributed by atoms with Crippen molar-refractivity contribution in [2.75, 3.05) is 0 Å². The van der Waals surface area contributed by atoms with Crippen LogP contribution < -0.4 is 11.3 Å². The van der Waals surface area contributed by atoms with Crippen LogP contribution in [0.3, 0.4) is 0 Å². The Balaban J connectivity index is 2.71. The average Bonchev–Trinajstić information content (AvgIpc) is 2.41. The monoisotopic (exact) mass is 271 g/mol. The van der Waals surface area contributed by atoms with E-state index in [1.165, 1.54) is 10.2 Å². The van der Waals surface area contributed by atoms with E-state index < -0.39 is 0 Å². The van der Waals surface area contributed by atoms with E-state index in [-0.39, 0.29) is 11.6 Å². The maximum atomic E-state index is 12.2. The van der Waals surface area contributed by atoms with Gasteiger partial charge >= 0.3 is 0 Å². The fourth-order valence-corrected chi connectivity index (χ4v) is 2.25. The number of nitrogens with zero attached hydrogens (tertiary/aromatic N) is 2. The summed E-state index contributed by atoms with van der Waals surface area (Å²) >= 11 is 0. The number of nitrogens with two attached hydrogens (primary N) is 1. The third-order valence-corrected chi connectivity index (χ3v) is 3.46. The molecule has 2 aromatic rings. The zero-order chi connectivity index (χ0) is 14.9. The smallest absolute Gasteiger partial charge is 0.271 e. The molecule has 1 heterocycles. The molecule has 4 heteroatoms. The van der Waals surface area contributed by atoms with Crippen molar-refractivity contribution in [2.24, 2.45) is 5.73 Å². The minimum atomic E-state index is -0.299. The number of aromatic nitrogens is 2. The molecule has 0 saturated heterocycles. The van der Waals surface area contributed by atoms with Crippen molar-refractivity contribution in [1.29, 1.82) is 0 Å². The first-order chi connectivity index (χ1) is 9.43. The minimum Gasteiger partial charge on any atom is -0.324 e. The van der Waals surface area contributed by atoms with E-state index >= 15 is 0 Å². The van der Waals surface area contributed by atoms with Crippen molar-refractivity contribution < 1.29 is 0 Å². The van der Waals surface area contributed by atoms with Crippen molar-refractivity contribution in [3.05, 3.63) is 51.3 Å². The lowest BCUT2D eigenvalue weighted by Crippen LogP contribution is -2.29. The number of benzene rings is 1. The molecule has 1 unspecified atom stereocenters. The summed E-state index contributed by atoms with van der Waals surface area (Å²) in [5.74, 6) is 0. The molecule has 0 spiro atoms. The van der Waals surface area contributed by atoms with E-state index in [1.54, 1.807) is 0 Å². The second-order valence-corrected chi connectivity index (χ2v) is 5.21. The van der Waals surface area contributed by atoms with Crippen LogP contribution >= 0.6 is 0 Å². The van der Waals surface area contributed by atoms with Gasteiger partial charge in [0.2, 0.25) is 0 Å². The maximum Gasteiger partial charge on any atom is 0.271 e. The van der Waals surface area contributed by atoms with E-state index in [0.717, 1.165) is 16.8 Å². The van der Waals surface area contributed by atoms with Crippen molar-refractivity contribution in [3.8, 4) is 11.3 Å². The van der Waals surface area contributed by atoms with Crippen LogP contribution in [-0.4, -0.2) is 9.78 Å². The fraction of sp³-hybridized carbons (Fsp3) is 0.375. The summed E-state index contributed by atoms with van der Waals surface area (Å²) in [5.41, 5.74) is 10.6. The molecule has 0 amide bonds. The predicted octanol–water partition coefficient (Wildman–Crippen LogP) is 2.57. The Morgan fingerprint density at radius 2 is 2.00 bits per heavy atom. The molecular weight excluding hydrogens is 250 g/mol. The van der Waals surface area contributed by atoms with Gasteiger partial charge in [-0.15, -0.1) is 0 Å². The summed E-state index contributed by atoms with van der Waals surface area (Å²) in [7, 11) is 0. The van der Waals surface area contributed by atoms with Crippen molar-refractivity contribution in [1.82, 2.24) is 9.78 Å². The Labute approximate surface area is 119 Å². The van der Waals surface area contributed by atoms with Gasteiger partial charge in [-0.2, -0.15) is 5.10 Å². The van der Waals surface area contributed by atoms with Gasteiger partial charge in [0.25, 0.3) is 5.56 Å². The molecule has 1 aromatic heterocycles. The highest BCUT2D eigenvalue weighted by molar-refractivity contribution is 5.64. The molecule has 2 rings (SSSR count). The molecule has 0 aliphatic rings. The molecule has 20 heavy (non-hydrogen) atoms. The second-order valence-electron chi connectivity index (χ2n) is 5.21. The van der Waals surface area contributed by atoms with Crippen LogP contribution in [0.4, 0.5) is 0 Å². The van der Waals surface area contributed by atoms with Crippen molar-refractivity contribution >= 4 is 0 Å². The Morgan fingerprint density at radius 3 is 2.60 bits per heavy atom. The Hall–Kier alpha value is -1.94. The maximum absolute atomic E-state index is 12.2. The first-order valence-electron chi connectivity index (χ1n) is 6.89. The SMILES string of the molecule is CCn1nc(-c2cc(C)ccc2C)cc(C(C)N)c1=O. The third kappa shape index (κ3) is 2.65. The second kappa shape index (κ2) is 5.59. The zero-order valence-corrected chi connectivity index (χ0v) is 12.5. The number of hydrogen-bond donors (Lipinski definition) is 1. The third-order valence-electron chi connectivity index (χ3n) is 3.46. The molecule has 0 aliphatic heterocycles. The van der Waals surface area contributed by atoms with Crippen molar-refractivity contribution in [3.63, 3.8) is 0 Å². The number of hydrogen-bond acceptors (Lipinski definition) is 3. The summed E-state index contributed by atoms with van der Waals surface area (Å²) < 4.78 is 1.48. The van der Waals surface area contributed by atoms with Crippen molar-refractivity contribution in [2.45, 2.75) is 40.3 Å². The van der Waals surface area contributed by atoms with Gasteiger partial charge in [0.15, 0.2) is 0 Å². The molecule has 106 valence electrons. The summed E-state index contributed by atoms with van der Waals surface area (Å²) in [4.78, 5) is 12.2. The quantitative estimate of drug-likeness (QED) is 0.933. The largest absolute Gasteiger partial charge is 0.324 e. The van der Waals surface area contributed by atoms with Crippen LogP contribution in [-0.2, 0) is 6.54 Å². The standard InChI is InChI=1S/C16H21N3O/c1-5-19-16(20)14(12(4)17)9-15(18-19)13-8-10(2)6-7-11(13)3/h6-9,12H,5,17H2,1-4H3. The lowest BCUT2D eigenvalue weighted by atomic mass is 10.0. The fourth-order valence-electron chi connectivity index (χ4n) is 2.25. The lowest BCUT2D eigenvalue weighted by molar-refractivity contribution is 0.601. The topological polar surface area (TPSA) is 60.9 Å². The molecule has 0 saturated carbocycles. The van der Waals surface area contributed by atoms with Crippen LogP contribution in [0.25, 0.3) is 11.3 Å². The highest BCUT2D eigenvalue weighted by Gasteiger charge is 2.13. The van der Waals surface area contributed by atoms with Gasteiger partial charge in [-0.25, -0.2) is 4.68 Å². The Bertz CT molecular complexity index is 687. The molecule has 0 radical (unpaired) electrons. The van der Waals surface area contributed by atoms with E-state index in [2.05, 4.69) is 23.3 Å². The lowest BCUT2D eigenvalue weighted by Gasteiger charge is -2.13. The van der Waals surface area contributed by atoms with E-state index in [9.17, 15) is 4.79 Å². The number of aryl methyl sites for hydroxylation is 3. The van der Waals surface area contributed by atoms with Gasteiger partial charge in [0, 0.05) is 23.7 Å². The number of rotatable bonds is 3. The summed E-state index contributed by atoms with van der Waals surface area (Å²) in [6.45, 7) is 8.36. The zero-order valence-electron chi connectivity index (χ0n) is 12.5. The van der Waals surface area contributed by atoms with Gasteiger partial charge in [-0.3, -0.25) is 4.79 Å². The van der Waals surface area contributed by atoms with E-state index in [1.807, 2.05) is 33.8 Å². The predicted molar refractivity (Wildman–Crippen MR) is 81.7 cm³/mol. The molecule has 0 aliphatic carbocycles. The van der Waals surface area contributed by atoms with Gasteiger partial charge in [-0.1, -0.05) is 17.7 Å². The van der Waals surface area contributed by atoms with E-state index in [4.69, 9.17) is 5.73 Å². The molecule has 0 fully saturated rings. The highest BCUT2D eigenvalue weighted by Crippen LogP contribution is 2.23. The Kier molecular flexibility index (Phi) is 4.04. The Morgan fingerprint density at radius 1 is 1.30 bits per heavy atom. The van der Waals surface area contributed by atoms with E-state index in [0.29, 0.717) is 12.1 Å². The molecule has 1 aromatic carbocycles. The molecule has 4 nitrogen and oxygen atoms in total. The minimum absolute atomic E-state index is 0.100. The van der Waals surface area contributed by atoms with Gasteiger partial charge < -0.3 is 5.73 Å². The first kappa shape index (κ1) is 14.5. The molecule has 2 N–H and O–H groups in total. The summed E-state index contributed by atoms with van der Waals surface area (Å²) in [6, 6.07) is 7.75. The van der Waals surface area contributed by atoms with Crippen LogP contribution in [0.5, 0.6) is 0 Å². The average molecular weight is 271 g/mol. The van der Waals surface area contributed by atoms with Crippen LogP contribution in [0.15, 0.2) is 29.1 Å². The van der Waals surface area contributed by atoms with Crippen LogP contribution in [0, 0.1) is 13.8 Å². The normalized spacial score (nSPS) is 12.4. The highest BCUT2D eigenvalue weighted by atomic mass is 16.1. The van der Waals surface area contributed by atoms with Gasteiger partial charge in [0.1, 0.15) is 0 Å². The van der Waals surface area contributed by atoms with Crippen LogP contribution in [0.2, 0.25) is 0 Å². The first-order valence-corrected chi connectivity index (χ1v) is 6.89. The molecular formula is C16H21N3O. The molecule has 0 bridgehead atoms. The molecule has 1 atom stereocenters. The van der Waals surface area contributed by atoms with Gasteiger partial charge in [-0.05, 0) is 45.4 Å². The van der Waals surface area contributed by atoms with Gasteiger partial charge in [0.05, 0.1) is 5.69 Å². The van der Waals surface area contributed by atoms with Crippen LogP contribution in [0.1, 0.15) is 36.6 Å². The summed E-state index contributed by atoms with van der Waals surface area (Å²) in [6.07, 6.45) is 0. The summed E-state index contributed by atoms with van der Waals surface area (Å²) in [5, 5.41) is 4.45.